The third-order valence-electron chi connectivity index (χ3n) is 7.99. The zero-order valence-corrected chi connectivity index (χ0v) is 27.0. The molecule has 1 amide bonds. The number of carbonyl (C=O) groups is 2. The smallest absolute Gasteiger partial charge is 0.403 e. The predicted octanol–water partition coefficient (Wildman–Crippen LogP) is 7.45. The van der Waals surface area contributed by atoms with Gasteiger partial charge in [-0.15, -0.1) is 13.2 Å². The van der Waals surface area contributed by atoms with Crippen LogP contribution in [0.25, 0.3) is 33.6 Å². The number of hydrogen-bond acceptors (Lipinski definition) is 6. The number of hydrogen-bond donors (Lipinski definition) is 1. The van der Waals surface area contributed by atoms with E-state index >= 15 is 0 Å². The molecule has 1 aromatic carbocycles. The van der Waals surface area contributed by atoms with Crippen LogP contribution in [0.1, 0.15) is 69.1 Å². The Hall–Kier alpha value is -4.61. The van der Waals surface area contributed by atoms with E-state index in [2.05, 4.69) is 18.5 Å². The molecule has 0 spiro atoms. The highest BCUT2D eigenvalue weighted by atomic mass is 19.4. The molecular weight excluding hydrogens is 599 g/mol. The highest BCUT2D eigenvalue weighted by molar-refractivity contribution is 5.97. The Balaban J connectivity index is 1.81. The van der Waals surface area contributed by atoms with E-state index in [9.17, 15) is 22.8 Å². The summed E-state index contributed by atoms with van der Waals surface area (Å²) in [6.07, 6.45) is -1.23. The molecule has 0 aliphatic heterocycles. The summed E-state index contributed by atoms with van der Waals surface area (Å²) in [5, 5.41) is 3.29. The number of pyridine rings is 1. The third kappa shape index (κ3) is 6.52. The number of rotatable bonds is 13. The Morgan fingerprint density at radius 2 is 1.80 bits per heavy atom. The number of imidazole rings is 1. The van der Waals surface area contributed by atoms with Gasteiger partial charge in [-0.1, -0.05) is 12.2 Å². The molecule has 0 saturated carbocycles. The van der Waals surface area contributed by atoms with Gasteiger partial charge in [-0.25, -0.2) is 14.8 Å². The molecule has 12 heteroatoms. The number of amides is 1. The minimum absolute atomic E-state index is 0.297. The number of benzene rings is 1. The zero-order valence-electron chi connectivity index (χ0n) is 27.0. The molecule has 46 heavy (non-hydrogen) atoms. The average Bonchev–Trinajstić information content (AvgIpc) is 3.52. The van der Waals surface area contributed by atoms with Crippen LogP contribution in [0.15, 0.2) is 55.6 Å². The SMILES string of the molecule is C=CCCCn1c(-c2nc3cc(C(=O)OC(C)C)cc(OC)c3n2C)cc2ccc([C@@H](C)NC(=O)C(C)(CC=C)C(F)(F)F)nc21. The number of fused-ring (bicyclic) bond motifs is 2. The first-order chi connectivity index (χ1) is 21.7. The van der Waals surface area contributed by atoms with Crippen LogP contribution >= 0.6 is 0 Å². The molecule has 2 atom stereocenters. The number of methoxy groups -OCH3 is 1. The maximum absolute atomic E-state index is 13.9. The molecule has 0 bridgehead atoms. The second-order valence-electron chi connectivity index (χ2n) is 11.8. The van der Waals surface area contributed by atoms with Gasteiger partial charge in [0.15, 0.2) is 5.82 Å². The largest absolute Gasteiger partial charge is 0.494 e. The van der Waals surface area contributed by atoms with Crippen molar-refractivity contribution in [3.05, 3.63) is 66.9 Å². The zero-order chi connectivity index (χ0) is 34.0. The standard InChI is InChI=1S/C34H40F3N5O4/c1-9-11-12-16-42-26(30-40-25-17-23(31(43)46-20(3)4)19-27(45-8)28(25)41(30)7)18-22-13-14-24(39-29(22)42)21(5)38-32(44)33(6,15-10-2)34(35,36)37/h9-10,13-14,17-21H,1-2,11-12,15-16H2,3-8H3,(H,38,44)/t21-,33?/m1/s1. The summed E-state index contributed by atoms with van der Waals surface area (Å²) in [7, 11) is 3.37. The highest BCUT2D eigenvalue weighted by Crippen LogP contribution is 2.42. The number of nitrogens with zero attached hydrogens (tertiary/aromatic N) is 4. The van der Waals surface area contributed by atoms with Crippen LogP contribution in [0, 0.1) is 5.41 Å². The lowest BCUT2D eigenvalue weighted by atomic mass is 9.84. The quantitative estimate of drug-likeness (QED) is 0.0927. The van der Waals surface area contributed by atoms with E-state index in [1.807, 2.05) is 34.4 Å². The second kappa shape index (κ2) is 13.4. The topological polar surface area (TPSA) is 100 Å². The number of unbranched alkanes of at least 4 members (excludes halogenated alkanes) is 1. The number of carbonyl (C=O) groups excluding carboxylic acids is 2. The summed E-state index contributed by atoms with van der Waals surface area (Å²) in [5.41, 5.74) is 0.625. The maximum atomic E-state index is 13.9. The minimum atomic E-state index is -4.76. The lowest BCUT2D eigenvalue weighted by molar-refractivity contribution is -0.216. The molecule has 1 unspecified atom stereocenters. The van der Waals surface area contributed by atoms with Crippen LogP contribution in [0.4, 0.5) is 13.2 Å². The number of halogens is 3. The van der Waals surface area contributed by atoms with E-state index in [1.54, 1.807) is 39.0 Å². The minimum Gasteiger partial charge on any atom is -0.494 e. The monoisotopic (exact) mass is 639 g/mol. The number of aromatic nitrogens is 4. The second-order valence-corrected chi connectivity index (χ2v) is 11.8. The molecule has 4 aromatic rings. The van der Waals surface area contributed by atoms with Gasteiger partial charge in [0.2, 0.25) is 5.91 Å². The summed E-state index contributed by atoms with van der Waals surface area (Å²) >= 11 is 0. The molecule has 9 nitrogen and oxygen atoms in total. The first-order valence-corrected chi connectivity index (χ1v) is 15.0. The Morgan fingerprint density at radius 1 is 1.09 bits per heavy atom. The Bertz CT molecular complexity index is 1790. The third-order valence-corrected chi connectivity index (χ3v) is 7.99. The van der Waals surface area contributed by atoms with Gasteiger partial charge in [-0.05, 0) is 77.3 Å². The Kier molecular flexibility index (Phi) is 9.98. The van der Waals surface area contributed by atoms with Gasteiger partial charge in [0, 0.05) is 19.0 Å². The van der Waals surface area contributed by atoms with Crippen molar-refractivity contribution < 1.29 is 32.2 Å². The van der Waals surface area contributed by atoms with E-state index in [1.165, 1.54) is 7.11 Å². The van der Waals surface area contributed by atoms with Gasteiger partial charge < -0.3 is 23.9 Å². The molecule has 1 N–H and O–H groups in total. The lowest BCUT2D eigenvalue weighted by Crippen LogP contribution is -2.49. The van der Waals surface area contributed by atoms with Crippen molar-refractivity contribution in [2.24, 2.45) is 12.5 Å². The normalized spacial score (nSPS) is 13.9. The number of ether oxygens (including phenoxy) is 2. The first-order valence-electron chi connectivity index (χ1n) is 15.0. The number of aryl methyl sites for hydroxylation is 2. The molecule has 0 radical (unpaired) electrons. The fourth-order valence-electron chi connectivity index (χ4n) is 5.34. The van der Waals surface area contributed by atoms with Crippen LogP contribution in [0.5, 0.6) is 5.75 Å². The van der Waals surface area contributed by atoms with Gasteiger partial charge in [0.25, 0.3) is 0 Å². The summed E-state index contributed by atoms with van der Waals surface area (Å²) in [5.74, 6) is -0.593. The van der Waals surface area contributed by atoms with Crippen LogP contribution in [0.2, 0.25) is 0 Å². The van der Waals surface area contributed by atoms with Crippen molar-refractivity contribution >= 4 is 33.9 Å². The molecule has 0 aliphatic rings. The number of alkyl halides is 3. The van der Waals surface area contributed by atoms with Crippen molar-refractivity contribution in [3.8, 4) is 17.3 Å². The van der Waals surface area contributed by atoms with Crippen molar-refractivity contribution in [2.45, 2.75) is 71.8 Å². The molecule has 0 saturated heterocycles. The van der Waals surface area contributed by atoms with Gasteiger partial charge in [-0.2, -0.15) is 13.2 Å². The summed E-state index contributed by atoms with van der Waals surface area (Å²) in [6.45, 7) is 13.8. The molecule has 4 rings (SSSR count). The average molecular weight is 640 g/mol. The van der Waals surface area contributed by atoms with E-state index in [-0.39, 0.29) is 6.10 Å². The van der Waals surface area contributed by atoms with Gasteiger partial charge in [0.05, 0.1) is 41.7 Å². The summed E-state index contributed by atoms with van der Waals surface area (Å²) in [4.78, 5) is 35.3. The number of esters is 1. The van der Waals surface area contributed by atoms with Crippen LogP contribution in [-0.2, 0) is 23.1 Å². The Labute approximate surface area is 266 Å². The number of allylic oxidation sites excluding steroid dienone is 2. The number of nitrogens with one attached hydrogen (secondary N) is 1. The van der Waals surface area contributed by atoms with E-state index in [4.69, 9.17) is 19.4 Å². The predicted molar refractivity (Wildman–Crippen MR) is 172 cm³/mol. The first kappa shape index (κ1) is 34.3. The summed E-state index contributed by atoms with van der Waals surface area (Å²) < 4.78 is 56.5. The van der Waals surface area contributed by atoms with Crippen molar-refractivity contribution in [1.82, 2.24) is 24.4 Å². The Morgan fingerprint density at radius 3 is 2.41 bits per heavy atom. The molecule has 3 heterocycles. The van der Waals surface area contributed by atoms with Crippen molar-refractivity contribution in [2.75, 3.05) is 7.11 Å². The van der Waals surface area contributed by atoms with Gasteiger partial charge in [-0.3, -0.25) is 4.79 Å². The van der Waals surface area contributed by atoms with Crippen molar-refractivity contribution in [1.29, 1.82) is 0 Å². The fraction of sp³-hybridized carbons (Fsp3) is 0.412. The fourth-order valence-corrected chi connectivity index (χ4v) is 5.34. The van der Waals surface area contributed by atoms with Crippen LogP contribution in [-0.4, -0.2) is 50.4 Å². The highest BCUT2D eigenvalue weighted by Gasteiger charge is 2.55. The van der Waals surface area contributed by atoms with E-state index < -0.39 is 35.9 Å². The van der Waals surface area contributed by atoms with Crippen LogP contribution < -0.4 is 10.1 Å². The molecule has 0 aliphatic carbocycles. The van der Waals surface area contributed by atoms with E-state index in [0.29, 0.717) is 46.1 Å². The summed E-state index contributed by atoms with van der Waals surface area (Å²) in [6, 6.07) is 7.93. The van der Waals surface area contributed by atoms with Crippen LogP contribution in [0.3, 0.4) is 0 Å². The molecular formula is C34H40F3N5O4. The maximum Gasteiger partial charge on any atom is 0.403 e. The lowest BCUT2D eigenvalue weighted by Gasteiger charge is -2.31. The van der Waals surface area contributed by atoms with Gasteiger partial charge in [0.1, 0.15) is 22.3 Å². The van der Waals surface area contributed by atoms with Gasteiger partial charge >= 0.3 is 12.1 Å². The molecule has 0 fully saturated rings. The van der Waals surface area contributed by atoms with Crippen molar-refractivity contribution in [3.63, 3.8) is 0 Å². The molecule has 3 aromatic heterocycles. The van der Waals surface area contributed by atoms with E-state index in [0.717, 1.165) is 36.9 Å². The molecule has 246 valence electrons.